The number of unbranched alkanes of at least 4 members (excludes halogenated alkanes) is 1. The lowest BCUT2D eigenvalue weighted by Crippen LogP contribution is -2.46. The average Bonchev–Trinajstić information content (AvgIpc) is 3.28. The van der Waals surface area contributed by atoms with E-state index >= 15 is 0 Å². The van der Waals surface area contributed by atoms with Gasteiger partial charge in [0.1, 0.15) is 11.4 Å². The Morgan fingerprint density at radius 2 is 1.91 bits per heavy atom. The number of anilines is 1. The van der Waals surface area contributed by atoms with Crippen LogP contribution < -0.4 is 10.5 Å². The molecule has 35 heavy (non-hydrogen) atoms. The standard InChI is InChI=1S/C27H28FN3O4/c1-34-27(33)19-5-7-21-20(17-29-23(21)14-19)4-2-3-9-30-10-12-31(13-11-30)24-15-18-6-8-26(32)35-25(18)16-22(24)28/h5-8,14-17,29H,2-4,9-13H2,1H3. The van der Waals surface area contributed by atoms with E-state index in [1.54, 1.807) is 18.2 Å². The molecule has 182 valence electrons. The van der Waals surface area contributed by atoms with Crippen molar-refractivity contribution in [3.63, 3.8) is 0 Å². The quantitative estimate of drug-likeness (QED) is 0.242. The third kappa shape index (κ3) is 4.93. The maximum atomic E-state index is 14.7. The molecule has 1 saturated heterocycles. The van der Waals surface area contributed by atoms with Crippen molar-refractivity contribution in [2.24, 2.45) is 0 Å². The maximum absolute atomic E-state index is 14.7. The van der Waals surface area contributed by atoms with Gasteiger partial charge in [-0.15, -0.1) is 0 Å². The number of piperazine rings is 1. The van der Waals surface area contributed by atoms with Crippen LogP contribution in [0.2, 0.25) is 0 Å². The summed E-state index contributed by atoms with van der Waals surface area (Å²) in [5, 5.41) is 1.87. The number of hydrogen-bond donors (Lipinski definition) is 1. The van der Waals surface area contributed by atoms with E-state index in [-0.39, 0.29) is 17.4 Å². The van der Waals surface area contributed by atoms with Crippen molar-refractivity contribution in [2.45, 2.75) is 19.3 Å². The van der Waals surface area contributed by atoms with E-state index < -0.39 is 5.63 Å². The Morgan fingerprint density at radius 1 is 1.09 bits per heavy atom. The van der Waals surface area contributed by atoms with Gasteiger partial charge in [-0.25, -0.2) is 14.0 Å². The summed E-state index contributed by atoms with van der Waals surface area (Å²) >= 11 is 0. The molecule has 0 spiro atoms. The lowest BCUT2D eigenvalue weighted by molar-refractivity contribution is 0.0601. The average molecular weight is 478 g/mol. The first-order chi connectivity index (χ1) is 17.0. The minimum atomic E-state index is -0.476. The Morgan fingerprint density at radius 3 is 2.71 bits per heavy atom. The summed E-state index contributed by atoms with van der Waals surface area (Å²) in [4.78, 5) is 30.8. The molecule has 5 rings (SSSR count). The van der Waals surface area contributed by atoms with Crippen molar-refractivity contribution in [3.8, 4) is 0 Å². The second-order valence-electron chi connectivity index (χ2n) is 8.95. The molecule has 3 heterocycles. The number of methoxy groups -OCH3 is 1. The highest BCUT2D eigenvalue weighted by Crippen LogP contribution is 2.27. The van der Waals surface area contributed by atoms with Crippen LogP contribution in [0.3, 0.4) is 0 Å². The number of H-pyrrole nitrogens is 1. The molecule has 0 saturated carbocycles. The Balaban J connectivity index is 1.11. The molecule has 0 amide bonds. The first-order valence-electron chi connectivity index (χ1n) is 11.9. The summed E-state index contributed by atoms with van der Waals surface area (Å²) < 4.78 is 24.5. The molecule has 0 bridgehead atoms. The normalized spacial score (nSPS) is 14.6. The minimum Gasteiger partial charge on any atom is -0.465 e. The zero-order valence-corrected chi connectivity index (χ0v) is 19.7. The fourth-order valence-corrected chi connectivity index (χ4v) is 4.82. The number of rotatable bonds is 7. The Labute approximate surface area is 202 Å². The number of aromatic nitrogens is 1. The summed E-state index contributed by atoms with van der Waals surface area (Å²) in [6.45, 7) is 4.28. The molecule has 2 aromatic heterocycles. The van der Waals surface area contributed by atoms with Gasteiger partial charge in [0, 0.05) is 60.8 Å². The summed E-state index contributed by atoms with van der Waals surface area (Å²) in [5.41, 5.74) is 3.10. The van der Waals surface area contributed by atoms with Crippen LogP contribution in [0.1, 0.15) is 28.8 Å². The first kappa shape index (κ1) is 23.1. The van der Waals surface area contributed by atoms with Gasteiger partial charge in [0.2, 0.25) is 0 Å². The topological polar surface area (TPSA) is 78.8 Å². The Kier molecular flexibility index (Phi) is 6.55. The smallest absolute Gasteiger partial charge is 0.337 e. The maximum Gasteiger partial charge on any atom is 0.337 e. The second kappa shape index (κ2) is 9.92. The summed E-state index contributed by atoms with van der Waals surface area (Å²) in [6, 6.07) is 11.7. The zero-order valence-electron chi connectivity index (χ0n) is 19.7. The predicted molar refractivity (Wildman–Crippen MR) is 134 cm³/mol. The number of nitrogens with zero attached hydrogens (tertiary/aromatic N) is 2. The molecule has 2 aromatic carbocycles. The Bertz CT molecular complexity index is 1420. The summed E-state index contributed by atoms with van der Waals surface area (Å²) in [6.07, 6.45) is 5.14. The Hall–Kier alpha value is -3.65. The minimum absolute atomic E-state index is 0.275. The predicted octanol–water partition coefficient (Wildman–Crippen LogP) is 4.34. The molecule has 1 aliphatic rings. The third-order valence-corrected chi connectivity index (χ3v) is 6.76. The molecule has 1 N–H and O–H groups in total. The fourth-order valence-electron chi connectivity index (χ4n) is 4.82. The molecule has 8 heteroatoms. The van der Waals surface area contributed by atoms with Gasteiger partial charge in [-0.1, -0.05) is 6.07 Å². The van der Waals surface area contributed by atoms with Crippen LogP contribution in [0.25, 0.3) is 21.9 Å². The van der Waals surface area contributed by atoms with Gasteiger partial charge in [0.05, 0.1) is 18.4 Å². The number of esters is 1. The van der Waals surface area contributed by atoms with E-state index in [1.807, 2.05) is 18.3 Å². The van der Waals surface area contributed by atoms with E-state index in [0.717, 1.165) is 68.3 Å². The molecule has 0 radical (unpaired) electrons. The van der Waals surface area contributed by atoms with Crippen molar-refractivity contribution < 1.29 is 18.3 Å². The van der Waals surface area contributed by atoms with Crippen molar-refractivity contribution >= 4 is 33.5 Å². The van der Waals surface area contributed by atoms with E-state index in [9.17, 15) is 14.0 Å². The van der Waals surface area contributed by atoms with Crippen molar-refractivity contribution in [1.82, 2.24) is 9.88 Å². The van der Waals surface area contributed by atoms with Crippen LogP contribution in [0.4, 0.5) is 10.1 Å². The van der Waals surface area contributed by atoms with Crippen molar-refractivity contribution in [2.75, 3.05) is 44.7 Å². The molecule has 1 fully saturated rings. The van der Waals surface area contributed by atoms with Gasteiger partial charge >= 0.3 is 11.6 Å². The van der Waals surface area contributed by atoms with Crippen LogP contribution in [-0.4, -0.2) is 55.7 Å². The molecule has 4 aromatic rings. The van der Waals surface area contributed by atoms with E-state index in [1.165, 1.54) is 24.8 Å². The van der Waals surface area contributed by atoms with Gasteiger partial charge in [0.25, 0.3) is 0 Å². The number of nitrogens with one attached hydrogen (secondary N) is 1. The van der Waals surface area contributed by atoms with Crippen LogP contribution in [0.5, 0.6) is 0 Å². The van der Waals surface area contributed by atoms with Gasteiger partial charge < -0.3 is 19.0 Å². The lowest BCUT2D eigenvalue weighted by atomic mass is 10.1. The van der Waals surface area contributed by atoms with Crippen LogP contribution >= 0.6 is 0 Å². The van der Waals surface area contributed by atoms with Gasteiger partial charge in [-0.2, -0.15) is 0 Å². The van der Waals surface area contributed by atoms with E-state index in [0.29, 0.717) is 11.3 Å². The molecular formula is C27H28FN3O4. The highest BCUT2D eigenvalue weighted by atomic mass is 19.1. The number of benzene rings is 2. The molecule has 0 aliphatic carbocycles. The third-order valence-electron chi connectivity index (χ3n) is 6.76. The fraction of sp³-hybridized carbons (Fsp3) is 0.333. The molecule has 0 atom stereocenters. The van der Waals surface area contributed by atoms with Crippen LogP contribution in [0.15, 0.2) is 57.9 Å². The lowest BCUT2D eigenvalue weighted by Gasteiger charge is -2.36. The highest BCUT2D eigenvalue weighted by molar-refractivity contribution is 5.95. The van der Waals surface area contributed by atoms with E-state index in [2.05, 4.69) is 14.8 Å². The number of aromatic amines is 1. The molecule has 1 aliphatic heterocycles. The van der Waals surface area contributed by atoms with Crippen molar-refractivity contribution in [3.05, 3.63) is 76.0 Å². The number of aryl methyl sites for hydroxylation is 1. The van der Waals surface area contributed by atoms with Gasteiger partial charge in [-0.05, 0) is 55.6 Å². The summed E-state index contributed by atoms with van der Waals surface area (Å²) in [7, 11) is 1.38. The first-order valence-corrected chi connectivity index (χ1v) is 11.9. The number of fused-ring (bicyclic) bond motifs is 2. The number of hydrogen-bond acceptors (Lipinski definition) is 6. The zero-order chi connectivity index (χ0) is 24.4. The van der Waals surface area contributed by atoms with Crippen molar-refractivity contribution in [1.29, 1.82) is 0 Å². The highest BCUT2D eigenvalue weighted by Gasteiger charge is 2.20. The SMILES string of the molecule is COC(=O)c1ccc2c(CCCCN3CCN(c4cc5ccc(=O)oc5cc4F)CC3)c[nH]c2c1. The number of carbonyl (C=O) groups is 1. The largest absolute Gasteiger partial charge is 0.465 e. The number of ether oxygens (including phenoxy) is 1. The summed E-state index contributed by atoms with van der Waals surface area (Å²) in [5.74, 6) is -0.697. The van der Waals surface area contributed by atoms with Crippen LogP contribution in [-0.2, 0) is 11.2 Å². The van der Waals surface area contributed by atoms with Gasteiger partial charge in [0.15, 0.2) is 0 Å². The molecule has 0 unspecified atom stereocenters. The van der Waals surface area contributed by atoms with Crippen LogP contribution in [0, 0.1) is 5.82 Å². The van der Waals surface area contributed by atoms with Gasteiger partial charge in [-0.3, -0.25) is 4.90 Å². The monoisotopic (exact) mass is 477 g/mol. The molecular weight excluding hydrogens is 449 g/mol. The van der Waals surface area contributed by atoms with E-state index in [4.69, 9.17) is 9.15 Å². The number of carbonyl (C=O) groups excluding carboxylic acids is 1. The number of halogens is 1. The molecule has 7 nitrogen and oxygen atoms in total. The second-order valence-corrected chi connectivity index (χ2v) is 8.95.